The van der Waals surface area contributed by atoms with Gasteiger partial charge in [-0.1, -0.05) is 48.2 Å². The Balaban J connectivity index is 1.49. The van der Waals surface area contributed by atoms with Gasteiger partial charge in [-0.2, -0.15) is 0 Å². The summed E-state index contributed by atoms with van der Waals surface area (Å²) in [5.74, 6) is 0.482. The number of carbonyl (C=O) groups is 1. The highest BCUT2D eigenvalue weighted by atomic mass is 32.2. The second-order valence-corrected chi connectivity index (χ2v) is 8.02. The lowest BCUT2D eigenvalue weighted by Gasteiger charge is -2.12. The van der Waals surface area contributed by atoms with E-state index in [-0.39, 0.29) is 17.5 Å². The average Bonchev–Trinajstić information content (AvgIpc) is 3.22. The monoisotopic (exact) mass is 447 g/mol. The number of aryl methyl sites for hydroxylation is 1. The van der Waals surface area contributed by atoms with Crippen molar-refractivity contribution < 1.29 is 9.18 Å². The molecule has 0 aliphatic carbocycles. The van der Waals surface area contributed by atoms with E-state index in [2.05, 4.69) is 20.8 Å². The lowest BCUT2D eigenvalue weighted by molar-refractivity contribution is -0.113. The largest absolute Gasteiger partial charge is 0.378 e. The molecule has 0 radical (unpaired) electrons. The van der Waals surface area contributed by atoms with Crippen LogP contribution in [0.3, 0.4) is 0 Å². The molecule has 0 fully saturated rings. The van der Waals surface area contributed by atoms with Crippen molar-refractivity contribution in [3.63, 3.8) is 0 Å². The van der Waals surface area contributed by atoms with Crippen molar-refractivity contribution in [3.05, 3.63) is 96.1 Å². The minimum atomic E-state index is -0.286. The van der Waals surface area contributed by atoms with Crippen molar-refractivity contribution in [2.75, 3.05) is 16.4 Å². The molecule has 3 aromatic carbocycles. The molecule has 1 heterocycles. The van der Waals surface area contributed by atoms with Crippen LogP contribution in [0.15, 0.2) is 84.0 Å². The fourth-order valence-corrected chi connectivity index (χ4v) is 3.89. The summed E-state index contributed by atoms with van der Waals surface area (Å²) in [6.07, 6.45) is 0. The summed E-state index contributed by atoms with van der Waals surface area (Å²) < 4.78 is 15.1. The van der Waals surface area contributed by atoms with E-state index < -0.39 is 0 Å². The number of rotatable bonds is 8. The molecule has 4 aromatic rings. The Morgan fingerprint density at radius 3 is 2.44 bits per heavy atom. The molecule has 0 saturated carbocycles. The Hall–Kier alpha value is -3.65. The van der Waals surface area contributed by atoms with Gasteiger partial charge in [0.1, 0.15) is 5.82 Å². The van der Waals surface area contributed by atoms with Crippen LogP contribution < -0.4 is 10.6 Å². The average molecular weight is 448 g/mol. The van der Waals surface area contributed by atoms with Crippen LogP contribution in [0.2, 0.25) is 0 Å². The van der Waals surface area contributed by atoms with Crippen molar-refractivity contribution in [2.24, 2.45) is 0 Å². The Labute approximate surface area is 189 Å². The zero-order valence-corrected chi connectivity index (χ0v) is 18.3. The summed E-state index contributed by atoms with van der Waals surface area (Å²) in [4.78, 5) is 12.5. The van der Waals surface area contributed by atoms with Gasteiger partial charge in [0, 0.05) is 17.1 Å². The van der Waals surface area contributed by atoms with Crippen LogP contribution in [-0.4, -0.2) is 26.4 Å². The molecule has 32 heavy (non-hydrogen) atoms. The topological polar surface area (TPSA) is 71.8 Å². The van der Waals surface area contributed by atoms with Gasteiger partial charge in [-0.15, -0.1) is 10.2 Å². The molecule has 0 aliphatic rings. The molecule has 0 spiro atoms. The van der Waals surface area contributed by atoms with E-state index >= 15 is 0 Å². The van der Waals surface area contributed by atoms with Crippen molar-refractivity contribution in [2.45, 2.75) is 18.6 Å². The van der Waals surface area contributed by atoms with E-state index in [1.807, 2.05) is 66.1 Å². The number of hydrogen-bond acceptors (Lipinski definition) is 5. The van der Waals surface area contributed by atoms with Crippen molar-refractivity contribution in [1.82, 2.24) is 14.8 Å². The number of nitrogens with one attached hydrogen (secondary N) is 2. The Bertz CT molecular complexity index is 1190. The third-order valence-electron chi connectivity index (χ3n) is 4.76. The van der Waals surface area contributed by atoms with E-state index in [1.54, 1.807) is 12.1 Å². The molecule has 2 N–H and O–H groups in total. The van der Waals surface area contributed by atoms with Gasteiger partial charge in [0.15, 0.2) is 11.0 Å². The van der Waals surface area contributed by atoms with E-state index in [4.69, 9.17) is 0 Å². The second-order valence-electron chi connectivity index (χ2n) is 7.08. The Morgan fingerprint density at radius 2 is 1.69 bits per heavy atom. The van der Waals surface area contributed by atoms with E-state index in [1.165, 1.54) is 23.9 Å². The first kappa shape index (κ1) is 21.6. The van der Waals surface area contributed by atoms with Gasteiger partial charge in [-0.05, 0) is 55.0 Å². The third kappa shape index (κ3) is 5.33. The first-order valence-corrected chi connectivity index (χ1v) is 11.1. The summed E-state index contributed by atoms with van der Waals surface area (Å²) in [6.45, 7) is 2.35. The summed E-state index contributed by atoms with van der Waals surface area (Å²) in [7, 11) is 0. The predicted molar refractivity (Wildman–Crippen MR) is 126 cm³/mol. The predicted octanol–water partition coefficient (Wildman–Crippen LogP) is 5.06. The molecule has 0 aliphatic heterocycles. The number of aromatic nitrogens is 3. The van der Waals surface area contributed by atoms with E-state index in [9.17, 15) is 9.18 Å². The zero-order chi connectivity index (χ0) is 22.3. The SMILES string of the molecule is Cc1ccccc1NC(=O)CSc1nnc(CNc2ccc(F)cc2)n1-c1ccccc1. The van der Waals surface area contributed by atoms with Gasteiger partial charge in [0.05, 0.1) is 12.3 Å². The first-order valence-electron chi connectivity index (χ1n) is 10.1. The molecular formula is C24H22FN5OS. The minimum absolute atomic E-state index is 0.113. The van der Waals surface area contributed by atoms with Crippen molar-refractivity contribution in [1.29, 1.82) is 0 Å². The van der Waals surface area contributed by atoms with Crippen molar-refractivity contribution >= 4 is 29.0 Å². The number of carbonyl (C=O) groups excluding carboxylic acids is 1. The van der Waals surface area contributed by atoms with Gasteiger partial charge in [0.2, 0.25) is 5.91 Å². The third-order valence-corrected chi connectivity index (χ3v) is 5.69. The van der Waals surface area contributed by atoms with Crippen LogP contribution in [0.4, 0.5) is 15.8 Å². The highest BCUT2D eigenvalue weighted by molar-refractivity contribution is 7.99. The van der Waals surface area contributed by atoms with Gasteiger partial charge in [-0.3, -0.25) is 9.36 Å². The first-order chi connectivity index (χ1) is 15.6. The number of para-hydroxylation sites is 2. The molecular weight excluding hydrogens is 425 g/mol. The highest BCUT2D eigenvalue weighted by Crippen LogP contribution is 2.23. The molecule has 0 atom stereocenters. The number of hydrogen-bond donors (Lipinski definition) is 2. The smallest absolute Gasteiger partial charge is 0.234 e. The van der Waals surface area contributed by atoms with Crippen LogP contribution in [0.5, 0.6) is 0 Å². The van der Waals surface area contributed by atoms with Gasteiger partial charge in [-0.25, -0.2) is 4.39 Å². The van der Waals surface area contributed by atoms with Crippen LogP contribution in [-0.2, 0) is 11.3 Å². The maximum Gasteiger partial charge on any atom is 0.234 e. The fraction of sp³-hybridized carbons (Fsp3) is 0.125. The molecule has 6 nitrogen and oxygen atoms in total. The molecule has 8 heteroatoms. The number of anilines is 2. The van der Waals surface area contributed by atoms with Gasteiger partial charge < -0.3 is 10.6 Å². The quantitative estimate of drug-likeness (QED) is 0.370. The molecule has 0 saturated heterocycles. The number of thioether (sulfide) groups is 1. The van der Waals surface area contributed by atoms with E-state index in [0.29, 0.717) is 17.5 Å². The van der Waals surface area contributed by atoms with Crippen LogP contribution in [0.1, 0.15) is 11.4 Å². The highest BCUT2D eigenvalue weighted by Gasteiger charge is 2.16. The second kappa shape index (κ2) is 10.1. The van der Waals surface area contributed by atoms with Crippen LogP contribution in [0, 0.1) is 12.7 Å². The summed E-state index contributed by atoms with van der Waals surface area (Å²) >= 11 is 1.32. The Morgan fingerprint density at radius 1 is 0.969 bits per heavy atom. The lowest BCUT2D eigenvalue weighted by Crippen LogP contribution is -2.15. The molecule has 0 bridgehead atoms. The Kier molecular flexibility index (Phi) is 6.81. The van der Waals surface area contributed by atoms with Gasteiger partial charge >= 0.3 is 0 Å². The number of nitrogens with zero attached hydrogens (tertiary/aromatic N) is 3. The lowest BCUT2D eigenvalue weighted by atomic mass is 10.2. The summed E-state index contributed by atoms with van der Waals surface area (Å²) in [5.41, 5.74) is 3.48. The van der Waals surface area contributed by atoms with Crippen molar-refractivity contribution in [3.8, 4) is 5.69 Å². The van der Waals surface area contributed by atoms with Crippen LogP contribution >= 0.6 is 11.8 Å². The van der Waals surface area contributed by atoms with E-state index in [0.717, 1.165) is 22.6 Å². The summed E-state index contributed by atoms with van der Waals surface area (Å²) in [5, 5.41) is 15.4. The standard InChI is InChI=1S/C24H22FN5OS/c1-17-7-5-6-10-21(17)27-23(31)16-32-24-29-28-22(30(24)20-8-3-2-4-9-20)15-26-19-13-11-18(25)12-14-19/h2-14,26H,15-16H2,1H3,(H,27,31). The maximum absolute atomic E-state index is 13.2. The molecule has 1 aromatic heterocycles. The number of halogens is 1. The normalized spacial score (nSPS) is 10.7. The fourth-order valence-electron chi connectivity index (χ4n) is 3.12. The number of amides is 1. The molecule has 1 amide bonds. The maximum atomic E-state index is 13.2. The van der Waals surface area contributed by atoms with Crippen LogP contribution in [0.25, 0.3) is 5.69 Å². The van der Waals surface area contributed by atoms with Gasteiger partial charge in [0.25, 0.3) is 0 Å². The minimum Gasteiger partial charge on any atom is -0.378 e. The molecule has 162 valence electrons. The zero-order valence-electron chi connectivity index (χ0n) is 17.5. The summed E-state index contributed by atoms with van der Waals surface area (Å²) in [6, 6.07) is 23.5. The molecule has 4 rings (SSSR count). The molecule has 0 unspecified atom stereocenters. The number of benzene rings is 3.